The molecule has 0 bridgehead atoms. The van der Waals surface area contributed by atoms with Crippen LogP contribution in [0, 0.1) is 19.7 Å². The number of rotatable bonds is 2. The van der Waals surface area contributed by atoms with Crippen LogP contribution in [0.15, 0.2) is 24.3 Å². The number of halogens is 1. The van der Waals surface area contributed by atoms with Crippen molar-refractivity contribution in [1.82, 2.24) is 9.78 Å². The van der Waals surface area contributed by atoms with Crippen molar-refractivity contribution in [2.24, 2.45) is 7.05 Å². The first kappa shape index (κ1) is 11.5. The molecule has 88 valence electrons. The van der Waals surface area contributed by atoms with Gasteiger partial charge in [-0.15, -0.1) is 0 Å². The van der Waals surface area contributed by atoms with E-state index < -0.39 is 5.82 Å². The molecule has 0 fully saturated rings. The van der Waals surface area contributed by atoms with Gasteiger partial charge in [0.25, 0.3) is 0 Å². The van der Waals surface area contributed by atoms with Gasteiger partial charge in [0.05, 0.1) is 5.69 Å². The van der Waals surface area contributed by atoms with E-state index in [-0.39, 0.29) is 5.78 Å². The molecule has 1 heterocycles. The molecule has 0 amide bonds. The molecule has 0 unspecified atom stereocenters. The third-order valence-electron chi connectivity index (χ3n) is 2.54. The number of hydrogen-bond donors (Lipinski definition) is 0. The van der Waals surface area contributed by atoms with E-state index in [0.717, 1.165) is 11.3 Å². The highest BCUT2D eigenvalue weighted by Gasteiger charge is 2.15. The molecule has 0 aliphatic rings. The van der Waals surface area contributed by atoms with Crippen molar-refractivity contribution in [2.45, 2.75) is 13.8 Å². The van der Waals surface area contributed by atoms with Crippen molar-refractivity contribution >= 4 is 5.78 Å². The number of nitrogens with zero attached hydrogens (tertiary/aromatic N) is 2. The van der Waals surface area contributed by atoms with Gasteiger partial charge in [0, 0.05) is 12.6 Å². The molecule has 0 saturated carbocycles. The Bertz CT molecular complexity index is 567. The van der Waals surface area contributed by atoms with E-state index >= 15 is 0 Å². The summed E-state index contributed by atoms with van der Waals surface area (Å²) in [6, 6.07) is 6.01. The molecule has 0 N–H and O–H groups in total. The average molecular weight is 232 g/mol. The Morgan fingerprint density at radius 1 is 1.24 bits per heavy atom. The first-order valence-corrected chi connectivity index (χ1v) is 5.30. The summed E-state index contributed by atoms with van der Waals surface area (Å²) < 4.78 is 14.7. The third kappa shape index (κ3) is 2.25. The fraction of sp³-hybridized carbons (Fsp3) is 0.231. The zero-order valence-corrected chi connectivity index (χ0v) is 9.99. The highest BCUT2D eigenvalue weighted by atomic mass is 19.1. The minimum Gasteiger partial charge on any atom is -0.287 e. The molecule has 2 rings (SSSR count). The van der Waals surface area contributed by atoms with Crippen LogP contribution < -0.4 is 0 Å². The van der Waals surface area contributed by atoms with E-state index in [9.17, 15) is 9.18 Å². The lowest BCUT2D eigenvalue weighted by molar-refractivity contribution is 0.102. The average Bonchev–Trinajstić information content (AvgIpc) is 2.55. The number of hydrogen-bond acceptors (Lipinski definition) is 2. The number of aryl methyl sites for hydroxylation is 3. The van der Waals surface area contributed by atoms with Crippen molar-refractivity contribution in [3.63, 3.8) is 0 Å². The van der Waals surface area contributed by atoms with Gasteiger partial charge >= 0.3 is 0 Å². The van der Waals surface area contributed by atoms with Crippen molar-refractivity contribution in [1.29, 1.82) is 0 Å². The summed E-state index contributed by atoms with van der Waals surface area (Å²) in [6.07, 6.45) is 0. The Balaban J connectivity index is 2.47. The van der Waals surface area contributed by atoms with Gasteiger partial charge in [-0.25, -0.2) is 4.39 Å². The second kappa shape index (κ2) is 4.13. The van der Waals surface area contributed by atoms with Crippen molar-refractivity contribution in [2.75, 3.05) is 0 Å². The normalized spacial score (nSPS) is 10.6. The van der Waals surface area contributed by atoms with Gasteiger partial charge in [-0.1, -0.05) is 0 Å². The number of aromatic nitrogens is 2. The Kier molecular flexibility index (Phi) is 2.79. The first-order chi connectivity index (χ1) is 7.97. The summed E-state index contributed by atoms with van der Waals surface area (Å²) in [6.45, 7) is 3.57. The lowest BCUT2D eigenvalue weighted by Gasteiger charge is -2.03. The summed E-state index contributed by atoms with van der Waals surface area (Å²) in [4.78, 5) is 12.2. The predicted octanol–water partition coefficient (Wildman–Crippen LogP) is 2.41. The Hall–Kier alpha value is -1.97. The summed E-state index contributed by atoms with van der Waals surface area (Å²) >= 11 is 0. The Morgan fingerprint density at radius 3 is 2.47 bits per heavy atom. The molecule has 0 aliphatic heterocycles. The van der Waals surface area contributed by atoms with Crippen LogP contribution in [0.2, 0.25) is 0 Å². The van der Waals surface area contributed by atoms with Crippen molar-refractivity contribution in [3.05, 3.63) is 52.6 Å². The van der Waals surface area contributed by atoms with Crippen LogP contribution in [-0.2, 0) is 7.05 Å². The molecule has 0 spiro atoms. The van der Waals surface area contributed by atoms with E-state index in [1.165, 1.54) is 16.8 Å². The number of ketones is 1. The van der Waals surface area contributed by atoms with Crippen LogP contribution in [-0.4, -0.2) is 15.6 Å². The maximum Gasteiger partial charge on any atom is 0.211 e. The second-order valence-electron chi connectivity index (χ2n) is 4.14. The van der Waals surface area contributed by atoms with Gasteiger partial charge in [0.15, 0.2) is 0 Å². The standard InChI is InChI=1S/C13H13FN2O/c1-8-4-10(7-11(14)5-8)13(17)12-6-9(2)15-16(12)3/h4-7H,1-3H3. The molecule has 17 heavy (non-hydrogen) atoms. The molecular formula is C13H13FN2O. The molecule has 0 atom stereocenters. The predicted molar refractivity (Wildman–Crippen MR) is 62.5 cm³/mol. The largest absolute Gasteiger partial charge is 0.287 e. The number of benzene rings is 1. The molecule has 0 radical (unpaired) electrons. The van der Waals surface area contributed by atoms with Crippen LogP contribution in [0.25, 0.3) is 0 Å². The molecule has 2 aromatic rings. The summed E-state index contributed by atoms with van der Waals surface area (Å²) in [5.74, 6) is -0.608. The van der Waals surface area contributed by atoms with Gasteiger partial charge < -0.3 is 0 Å². The number of carbonyl (C=O) groups excluding carboxylic acids is 1. The monoisotopic (exact) mass is 232 g/mol. The van der Waals surface area contributed by atoms with Crippen molar-refractivity contribution in [3.8, 4) is 0 Å². The minimum atomic E-state index is -0.396. The maximum absolute atomic E-state index is 13.2. The first-order valence-electron chi connectivity index (χ1n) is 5.30. The quantitative estimate of drug-likeness (QED) is 0.745. The molecule has 0 saturated heterocycles. The molecule has 0 aliphatic carbocycles. The van der Waals surface area contributed by atoms with Crippen LogP contribution in [0.3, 0.4) is 0 Å². The molecule has 1 aromatic carbocycles. The van der Waals surface area contributed by atoms with E-state index in [1.807, 2.05) is 6.92 Å². The fourth-order valence-electron chi connectivity index (χ4n) is 1.84. The van der Waals surface area contributed by atoms with Gasteiger partial charge in [0.1, 0.15) is 11.5 Å². The molecular weight excluding hydrogens is 219 g/mol. The van der Waals surface area contributed by atoms with Gasteiger partial charge in [-0.2, -0.15) is 5.10 Å². The van der Waals surface area contributed by atoms with Crippen LogP contribution >= 0.6 is 0 Å². The maximum atomic E-state index is 13.2. The smallest absolute Gasteiger partial charge is 0.211 e. The summed E-state index contributed by atoms with van der Waals surface area (Å²) in [5, 5.41) is 4.10. The van der Waals surface area contributed by atoms with Gasteiger partial charge in [-0.3, -0.25) is 9.48 Å². The minimum absolute atomic E-state index is 0.212. The zero-order chi connectivity index (χ0) is 12.6. The number of carbonyl (C=O) groups is 1. The lowest BCUT2D eigenvalue weighted by atomic mass is 10.1. The van der Waals surface area contributed by atoms with Crippen molar-refractivity contribution < 1.29 is 9.18 Å². The molecule has 3 nitrogen and oxygen atoms in total. The van der Waals surface area contributed by atoms with Gasteiger partial charge in [0.2, 0.25) is 5.78 Å². The van der Waals surface area contributed by atoms with Crippen LogP contribution in [0.4, 0.5) is 4.39 Å². The topological polar surface area (TPSA) is 34.9 Å². The van der Waals surface area contributed by atoms with Crippen LogP contribution in [0.1, 0.15) is 27.3 Å². The highest BCUT2D eigenvalue weighted by Crippen LogP contribution is 2.14. The SMILES string of the molecule is Cc1cc(F)cc(C(=O)c2cc(C)nn2C)c1. The van der Waals surface area contributed by atoms with E-state index in [2.05, 4.69) is 5.10 Å². The highest BCUT2D eigenvalue weighted by molar-refractivity contribution is 6.08. The van der Waals surface area contributed by atoms with E-state index in [1.54, 1.807) is 26.1 Å². The lowest BCUT2D eigenvalue weighted by Crippen LogP contribution is -2.08. The summed E-state index contributed by atoms with van der Waals surface area (Å²) in [5.41, 5.74) is 2.31. The fourth-order valence-corrected chi connectivity index (χ4v) is 1.84. The third-order valence-corrected chi connectivity index (χ3v) is 2.54. The van der Waals surface area contributed by atoms with Gasteiger partial charge in [-0.05, 0) is 43.7 Å². The summed E-state index contributed by atoms with van der Waals surface area (Å²) in [7, 11) is 1.70. The van der Waals surface area contributed by atoms with Crippen LogP contribution in [0.5, 0.6) is 0 Å². The molecule has 1 aromatic heterocycles. The Morgan fingerprint density at radius 2 is 1.94 bits per heavy atom. The van der Waals surface area contributed by atoms with E-state index in [4.69, 9.17) is 0 Å². The zero-order valence-electron chi connectivity index (χ0n) is 9.99. The second-order valence-corrected chi connectivity index (χ2v) is 4.14. The van der Waals surface area contributed by atoms with E-state index in [0.29, 0.717) is 11.3 Å². The molecule has 4 heteroatoms. The Labute approximate surface area is 98.9 Å².